The van der Waals surface area contributed by atoms with Gasteiger partial charge in [0.1, 0.15) is 5.82 Å². The lowest BCUT2D eigenvalue weighted by molar-refractivity contribution is 0.272. The molecule has 0 bridgehead atoms. The molecule has 1 aromatic carbocycles. The summed E-state index contributed by atoms with van der Waals surface area (Å²) < 4.78 is 16.2. The predicted molar refractivity (Wildman–Crippen MR) is 79.0 cm³/mol. The van der Waals surface area contributed by atoms with Gasteiger partial charge in [-0.2, -0.15) is 0 Å². The van der Waals surface area contributed by atoms with Gasteiger partial charge in [0.25, 0.3) is 0 Å². The van der Waals surface area contributed by atoms with Gasteiger partial charge in [0, 0.05) is 5.69 Å². The maximum Gasteiger partial charge on any atom is 0.185 e. The molecule has 0 saturated heterocycles. The zero-order valence-corrected chi connectivity index (χ0v) is 12.4. The predicted octanol–water partition coefficient (Wildman–Crippen LogP) is 3.12. The van der Waals surface area contributed by atoms with Gasteiger partial charge in [0.05, 0.1) is 11.6 Å². The van der Waals surface area contributed by atoms with Crippen molar-refractivity contribution in [3.63, 3.8) is 0 Å². The monoisotopic (exact) mass is 289 g/mol. The highest BCUT2D eigenvalue weighted by atomic mass is 19.1. The molecule has 0 amide bonds. The summed E-state index contributed by atoms with van der Waals surface area (Å²) in [7, 11) is 0. The second-order valence-electron chi connectivity index (χ2n) is 6.06. The molecule has 1 saturated carbocycles. The van der Waals surface area contributed by atoms with Crippen molar-refractivity contribution >= 4 is 5.69 Å². The fraction of sp³-hybridized carbons (Fsp3) is 0.533. The molecule has 2 N–H and O–H groups in total. The van der Waals surface area contributed by atoms with E-state index in [1.807, 2.05) is 0 Å². The number of anilines is 1. The number of tetrazole rings is 1. The highest BCUT2D eigenvalue weighted by Crippen LogP contribution is 2.34. The lowest BCUT2D eigenvalue weighted by atomic mass is 9.87. The number of hydrogen-bond acceptors (Lipinski definition) is 4. The van der Waals surface area contributed by atoms with Gasteiger partial charge in [-0.3, -0.25) is 0 Å². The van der Waals surface area contributed by atoms with E-state index in [-0.39, 0.29) is 11.9 Å². The number of nitrogen functional groups attached to an aromatic ring is 1. The van der Waals surface area contributed by atoms with Crippen LogP contribution in [-0.2, 0) is 0 Å². The van der Waals surface area contributed by atoms with Gasteiger partial charge in [-0.05, 0) is 66.6 Å². The van der Waals surface area contributed by atoms with Gasteiger partial charge in [0.15, 0.2) is 5.82 Å². The quantitative estimate of drug-likeness (QED) is 0.862. The molecule has 0 radical (unpaired) electrons. The van der Waals surface area contributed by atoms with E-state index in [1.165, 1.54) is 0 Å². The second-order valence-corrected chi connectivity index (χ2v) is 6.06. The first-order chi connectivity index (χ1) is 10.1. The molecule has 112 valence electrons. The highest BCUT2D eigenvalue weighted by molar-refractivity contribution is 5.63. The molecule has 1 fully saturated rings. The number of aromatic nitrogens is 4. The van der Waals surface area contributed by atoms with Crippen molar-refractivity contribution in [3.05, 3.63) is 23.5 Å². The van der Waals surface area contributed by atoms with Crippen LogP contribution in [0.15, 0.2) is 12.1 Å². The van der Waals surface area contributed by atoms with Crippen LogP contribution in [0.4, 0.5) is 10.1 Å². The largest absolute Gasteiger partial charge is 0.399 e. The number of benzene rings is 1. The molecule has 6 heteroatoms. The van der Waals surface area contributed by atoms with Crippen LogP contribution in [0.3, 0.4) is 0 Å². The molecular weight excluding hydrogens is 269 g/mol. The zero-order chi connectivity index (χ0) is 15.0. The summed E-state index contributed by atoms with van der Waals surface area (Å²) in [6, 6.07) is 3.47. The Morgan fingerprint density at radius 3 is 2.67 bits per heavy atom. The fourth-order valence-electron chi connectivity index (χ4n) is 3.06. The van der Waals surface area contributed by atoms with Gasteiger partial charge in [-0.25, -0.2) is 9.07 Å². The molecular formula is C15H20FN5. The Labute approximate surface area is 123 Å². The molecule has 1 aliphatic carbocycles. The molecule has 3 rings (SSSR count). The Morgan fingerprint density at radius 1 is 1.24 bits per heavy atom. The minimum absolute atomic E-state index is 0.243. The SMILES string of the molecule is Cc1cc(N)cc(-c2nnnn2C2CCC(C)CC2)c1F. The third-order valence-corrected chi connectivity index (χ3v) is 4.34. The van der Waals surface area contributed by atoms with Crippen LogP contribution in [0, 0.1) is 18.7 Å². The van der Waals surface area contributed by atoms with Crippen molar-refractivity contribution in [1.29, 1.82) is 0 Å². The lowest BCUT2D eigenvalue weighted by Gasteiger charge is -2.26. The molecule has 0 aliphatic heterocycles. The van der Waals surface area contributed by atoms with E-state index in [9.17, 15) is 4.39 Å². The third-order valence-electron chi connectivity index (χ3n) is 4.34. The van der Waals surface area contributed by atoms with Crippen molar-refractivity contribution < 1.29 is 4.39 Å². The first kappa shape index (κ1) is 14.0. The van der Waals surface area contributed by atoms with Crippen molar-refractivity contribution in [2.75, 3.05) is 5.73 Å². The Balaban J connectivity index is 2.00. The second kappa shape index (κ2) is 5.42. The van der Waals surface area contributed by atoms with Gasteiger partial charge in [-0.15, -0.1) is 5.10 Å². The van der Waals surface area contributed by atoms with Crippen molar-refractivity contribution in [1.82, 2.24) is 20.2 Å². The number of aryl methyl sites for hydroxylation is 1. The summed E-state index contributed by atoms with van der Waals surface area (Å²) in [4.78, 5) is 0. The Kier molecular flexibility index (Phi) is 3.61. The Morgan fingerprint density at radius 2 is 1.95 bits per heavy atom. The minimum atomic E-state index is -0.301. The summed E-state index contributed by atoms with van der Waals surface area (Å²) in [6.45, 7) is 3.96. The summed E-state index contributed by atoms with van der Waals surface area (Å²) >= 11 is 0. The Hall–Kier alpha value is -1.98. The number of hydrogen-bond donors (Lipinski definition) is 1. The summed E-state index contributed by atoms with van der Waals surface area (Å²) in [5.74, 6) is 0.916. The standard InChI is InChI=1S/C15H20FN5/c1-9-3-5-12(6-4-9)21-15(18-19-20-21)13-8-11(17)7-10(2)14(13)16/h7-9,12H,3-6,17H2,1-2H3. The Bertz CT molecular complexity index is 644. The topological polar surface area (TPSA) is 69.6 Å². The third kappa shape index (κ3) is 2.62. The van der Waals surface area contributed by atoms with Gasteiger partial charge >= 0.3 is 0 Å². The highest BCUT2D eigenvalue weighted by Gasteiger charge is 2.25. The molecule has 5 nitrogen and oxygen atoms in total. The van der Waals surface area contributed by atoms with Crippen molar-refractivity contribution in [2.24, 2.45) is 5.92 Å². The zero-order valence-electron chi connectivity index (χ0n) is 12.4. The molecule has 0 unspecified atom stereocenters. The van der Waals surface area contributed by atoms with Crippen LogP contribution < -0.4 is 5.73 Å². The summed E-state index contributed by atoms with van der Waals surface area (Å²) in [5.41, 5.74) is 7.26. The fourth-order valence-corrected chi connectivity index (χ4v) is 3.06. The molecule has 1 aromatic heterocycles. The number of nitrogens with two attached hydrogens (primary N) is 1. The van der Waals surface area contributed by atoms with Gasteiger partial charge in [0.2, 0.25) is 0 Å². The van der Waals surface area contributed by atoms with E-state index in [4.69, 9.17) is 5.73 Å². The maximum absolute atomic E-state index is 14.4. The van der Waals surface area contributed by atoms with Crippen LogP contribution in [0.25, 0.3) is 11.4 Å². The average molecular weight is 289 g/mol. The van der Waals surface area contributed by atoms with Crippen LogP contribution in [0.5, 0.6) is 0 Å². The van der Waals surface area contributed by atoms with E-state index in [0.717, 1.165) is 31.6 Å². The number of nitrogens with zero attached hydrogens (tertiary/aromatic N) is 4. The van der Waals surface area contributed by atoms with Gasteiger partial charge in [-0.1, -0.05) is 6.92 Å². The average Bonchev–Trinajstić information content (AvgIpc) is 2.93. The normalized spacial score (nSPS) is 22.4. The molecule has 1 aliphatic rings. The van der Waals surface area contributed by atoms with Crippen molar-refractivity contribution in [3.8, 4) is 11.4 Å². The van der Waals surface area contributed by atoms with E-state index < -0.39 is 0 Å². The lowest BCUT2D eigenvalue weighted by Crippen LogP contribution is -2.19. The molecule has 0 spiro atoms. The first-order valence-electron chi connectivity index (χ1n) is 7.40. The number of halogens is 1. The smallest absolute Gasteiger partial charge is 0.185 e. The van der Waals surface area contributed by atoms with Crippen LogP contribution >= 0.6 is 0 Å². The van der Waals surface area contributed by atoms with Crippen LogP contribution in [0.1, 0.15) is 44.2 Å². The minimum Gasteiger partial charge on any atom is -0.399 e. The summed E-state index contributed by atoms with van der Waals surface area (Å²) in [5, 5.41) is 11.9. The van der Waals surface area contributed by atoms with E-state index in [0.29, 0.717) is 22.6 Å². The first-order valence-corrected chi connectivity index (χ1v) is 7.40. The maximum atomic E-state index is 14.4. The molecule has 0 atom stereocenters. The summed E-state index contributed by atoms with van der Waals surface area (Å²) in [6.07, 6.45) is 4.37. The van der Waals surface area contributed by atoms with E-state index >= 15 is 0 Å². The van der Waals surface area contributed by atoms with Crippen LogP contribution in [-0.4, -0.2) is 20.2 Å². The van der Waals surface area contributed by atoms with Crippen molar-refractivity contribution in [2.45, 2.75) is 45.6 Å². The molecule has 2 aromatic rings. The van der Waals surface area contributed by atoms with Crippen LogP contribution in [0.2, 0.25) is 0 Å². The van der Waals surface area contributed by atoms with E-state index in [2.05, 4.69) is 22.4 Å². The molecule has 21 heavy (non-hydrogen) atoms. The van der Waals surface area contributed by atoms with Gasteiger partial charge < -0.3 is 5.73 Å². The molecule has 1 heterocycles. The number of rotatable bonds is 2. The van der Waals surface area contributed by atoms with E-state index in [1.54, 1.807) is 23.7 Å².